The number of oxazole rings is 1. The number of aromatic nitrogens is 3. The van der Waals surface area contributed by atoms with E-state index in [0.29, 0.717) is 22.6 Å². The Labute approximate surface area is 206 Å². The Balaban J connectivity index is 0.000000173. The molecule has 0 fully saturated rings. The Bertz CT molecular complexity index is 1610. The Morgan fingerprint density at radius 1 is 0.919 bits per heavy atom. The fraction of sp³-hybridized carbons (Fsp3) is 0. The molecular weight excluding hydrogens is 484 g/mol. The number of rotatable bonds is 5. The number of nitro benzene ring substituents is 2. The SMILES string of the molecule is O=C(Nc1c[nH]ccc1=O)c1ccc([N+](=O)[O-])cc1.O=[N+]([O-])c1ccc(-c2nc3cnccc3o2)cc1. The summed E-state index contributed by atoms with van der Waals surface area (Å²) in [7, 11) is 0. The number of nitrogens with one attached hydrogen (secondary N) is 2. The van der Waals surface area contributed by atoms with Gasteiger partial charge in [0.2, 0.25) is 11.3 Å². The number of hydrogen-bond donors (Lipinski definition) is 2. The minimum atomic E-state index is -0.552. The van der Waals surface area contributed by atoms with Crippen LogP contribution in [0.15, 0.2) is 94.7 Å². The molecule has 0 aliphatic carbocycles. The Morgan fingerprint density at radius 2 is 1.57 bits per heavy atom. The molecule has 0 bridgehead atoms. The molecule has 37 heavy (non-hydrogen) atoms. The second-order valence-electron chi connectivity index (χ2n) is 7.35. The average Bonchev–Trinajstić information content (AvgIpc) is 3.35. The van der Waals surface area contributed by atoms with E-state index in [1.807, 2.05) is 0 Å². The molecular formula is C24H16N6O7. The van der Waals surface area contributed by atoms with Crippen molar-refractivity contribution in [3.05, 3.63) is 121 Å². The number of nitrogens with zero attached hydrogens (tertiary/aromatic N) is 4. The predicted octanol–water partition coefficient (Wildman–Crippen LogP) is 4.33. The van der Waals surface area contributed by atoms with Gasteiger partial charge in [0.25, 0.3) is 17.3 Å². The number of non-ortho nitro benzene ring substituents is 2. The van der Waals surface area contributed by atoms with E-state index >= 15 is 0 Å². The molecule has 13 nitrogen and oxygen atoms in total. The third-order valence-corrected chi connectivity index (χ3v) is 4.93. The summed E-state index contributed by atoms with van der Waals surface area (Å²) < 4.78 is 5.53. The van der Waals surface area contributed by atoms with Gasteiger partial charge < -0.3 is 14.7 Å². The molecule has 184 valence electrons. The molecule has 0 saturated heterocycles. The van der Waals surface area contributed by atoms with E-state index in [-0.39, 0.29) is 28.1 Å². The highest BCUT2D eigenvalue weighted by Gasteiger charge is 2.11. The maximum atomic E-state index is 11.8. The van der Waals surface area contributed by atoms with Gasteiger partial charge in [-0.25, -0.2) is 4.98 Å². The van der Waals surface area contributed by atoms with Crippen LogP contribution in [0.1, 0.15) is 10.4 Å². The van der Waals surface area contributed by atoms with Crippen molar-refractivity contribution in [2.24, 2.45) is 0 Å². The van der Waals surface area contributed by atoms with Crippen molar-refractivity contribution in [3.63, 3.8) is 0 Å². The molecule has 13 heteroatoms. The molecule has 2 N–H and O–H groups in total. The van der Waals surface area contributed by atoms with Crippen LogP contribution in [0, 0.1) is 20.2 Å². The quantitative estimate of drug-likeness (QED) is 0.261. The minimum Gasteiger partial charge on any atom is -0.436 e. The number of carbonyl (C=O) groups excluding carboxylic acids is 1. The standard InChI is InChI=1S/C12H9N3O4.C12H7N3O3/c16-11-5-6-13-7-10(11)14-12(17)8-1-3-9(4-2-8)15(18)19;16-15(17)9-3-1-8(2-4-9)12-14-10-7-13-6-5-11(10)18-12/h1-7H,(H,13,16)(H,14,17);1-7H. The first-order valence-electron chi connectivity index (χ1n) is 10.5. The molecule has 0 radical (unpaired) electrons. The summed E-state index contributed by atoms with van der Waals surface area (Å²) in [5.41, 5.74) is 1.94. The van der Waals surface area contributed by atoms with Gasteiger partial charge in [0.05, 0.1) is 16.0 Å². The van der Waals surface area contributed by atoms with Gasteiger partial charge in [0.1, 0.15) is 11.2 Å². The maximum Gasteiger partial charge on any atom is 0.269 e. The van der Waals surface area contributed by atoms with Crippen molar-refractivity contribution in [1.82, 2.24) is 15.0 Å². The van der Waals surface area contributed by atoms with Crippen molar-refractivity contribution in [1.29, 1.82) is 0 Å². The van der Waals surface area contributed by atoms with Crippen LogP contribution in [0.25, 0.3) is 22.6 Å². The van der Waals surface area contributed by atoms with E-state index < -0.39 is 15.8 Å². The van der Waals surface area contributed by atoms with Gasteiger partial charge in [0.15, 0.2) is 5.58 Å². The number of benzene rings is 2. The smallest absolute Gasteiger partial charge is 0.269 e. The van der Waals surface area contributed by atoms with Crippen molar-refractivity contribution in [3.8, 4) is 11.5 Å². The summed E-state index contributed by atoms with van der Waals surface area (Å²) in [5, 5.41) is 23.4. The Hall–Kier alpha value is -5.72. The van der Waals surface area contributed by atoms with E-state index in [1.54, 1.807) is 30.6 Å². The van der Waals surface area contributed by atoms with Gasteiger partial charge in [-0.2, -0.15) is 0 Å². The highest BCUT2D eigenvalue weighted by Crippen LogP contribution is 2.25. The Kier molecular flexibility index (Phi) is 7.05. The zero-order valence-electron chi connectivity index (χ0n) is 18.7. The molecule has 2 aromatic carbocycles. The molecule has 0 spiro atoms. The second-order valence-corrected chi connectivity index (χ2v) is 7.35. The number of anilines is 1. The Morgan fingerprint density at radius 3 is 2.16 bits per heavy atom. The fourth-order valence-electron chi connectivity index (χ4n) is 3.07. The van der Waals surface area contributed by atoms with Gasteiger partial charge in [-0.15, -0.1) is 0 Å². The minimum absolute atomic E-state index is 0.0385. The number of nitro groups is 2. The molecule has 0 saturated carbocycles. The van der Waals surface area contributed by atoms with Crippen LogP contribution in [0.4, 0.5) is 17.1 Å². The first-order valence-corrected chi connectivity index (χ1v) is 10.5. The predicted molar refractivity (Wildman–Crippen MR) is 132 cm³/mol. The summed E-state index contributed by atoms with van der Waals surface area (Å²) >= 11 is 0. The van der Waals surface area contributed by atoms with Gasteiger partial charge in [-0.3, -0.25) is 34.8 Å². The largest absolute Gasteiger partial charge is 0.436 e. The number of pyridine rings is 2. The van der Waals surface area contributed by atoms with Crippen molar-refractivity contribution >= 4 is 34.1 Å². The maximum absolute atomic E-state index is 11.8. The summed E-state index contributed by atoms with van der Waals surface area (Å²) in [6, 6.07) is 14.2. The first-order chi connectivity index (χ1) is 17.8. The zero-order chi connectivity index (χ0) is 26.4. The summed E-state index contributed by atoms with van der Waals surface area (Å²) in [6.07, 6.45) is 6.04. The molecule has 3 aromatic heterocycles. The monoisotopic (exact) mass is 500 g/mol. The summed E-state index contributed by atoms with van der Waals surface area (Å²) in [4.78, 5) is 54.1. The van der Waals surface area contributed by atoms with E-state index in [0.717, 1.165) is 0 Å². The highest BCUT2D eigenvalue weighted by molar-refractivity contribution is 6.04. The molecule has 5 aromatic rings. The number of hydrogen-bond acceptors (Lipinski definition) is 9. The number of aromatic amines is 1. The van der Waals surface area contributed by atoms with E-state index in [1.165, 1.54) is 54.9 Å². The van der Waals surface area contributed by atoms with Gasteiger partial charge in [0, 0.05) is 66.1 Å². The highest BCUT2D eigenvalue weighted by atomic mass is 16.6. The topological polar surface area (TPSA) is 187 Å². The van der Waals surface area contributed by atoms with Gasteiger partial charge in [-0.05, 0) is 24.3 Å². The van der Waals surface area contributed by atoms with Crippen molar-refractivity contribution in [2.45, 2.75) is 0 Å². The number of H-pyrrole nitrogens is 1. The van der Waals surface area contributed by atoms with Crippen LogP contribution in [0.5, 0.6) is 0 Å². The number of amides is 1. The lowest BCUT2D eigenvalue weighted by Crippen LogP contribution is -2.17. The van der Waals surface area contributed by atoms with Crippen LogP contribution in [0.2, 0.25) is 0 Å². The molecule has 0 aliphatic rings. The average molecular weight is 500 g/mol. The van der Waals surface area contributed by atoms with E-state index in [2.05, 4.69) is 20.3 Å². The van der Waals surface area contributed by atoms with Crippen molar-refractivity contribution < 1.29 is 19.1 Å². The summed E-state index contributed by atoms with van der Waals surface area (Å²) in [5.74, 6) is -0.0838. The van der Waals surface area contributed by atoms with E-state index in [4.69, 9.17) is 4.42 Å². The van der Waals surface area contributed by atoms with Gasteiger partial charge in [-0.1, -0.05) is 0 Å². The van der Waals surface area contributed by atoms with Crippen LogP contribution in [-0.4, -0.2) is 30.7 Å². The number of fused-ring (bicyclic) bond motifs is 1. The van der Waals surface area contributed by atoms with Crippen LogP contribution >= 0.6 is 0 Å². The van der Waals surface area contributed by atoms with Crippen LogP contribution in [0.3, 0.4) is 0 Å². The van der Waals surface area contributed by atoms with Crippen molar-refractivity contribution in [2.75, 3.05) is 5.32 Å². The molecule has 0 atom stereocenters. The lowest BCUT2D eigenvalue weighted by molar-refractivity contribution is -0.385. The lowest BCUT2D eigenvalue weighted by Gasteiger charge is -2.03. The van der Waals surface area contributed by atoms with Gasteiger partial charge >= 0.3 is 0 Å². The first kappa shape index (κ1) is 24.4. The van der Waals surface area contributed by atoms with Crippen LogP contribution in [-0.2, 0) is 0 Å². The van der Waals surface area contributed by atoms with E-state index in [9.17, 15) is 29.8 Å². The summed E-state index contributed by atoms with van der Waals surface area (Å²) in [6.45, 7) is 0. The third kappa shape index (κ3) is 5.86. The number of carbonyl (C=O) groups is 1. The molecule has 0 aliphatic heterocycles. The molecule has 3 heterocycles. The third-order valence-electron chi connectivity index (χ3n) is 4.93. The lowest BCUT2D eigenvalue weighted by atomic mass is 10.2. The molecule has 5 rings (SSSR count). The van der Waals surface area contributed by atoms with Crippen LogP contribution < -0.4 is 10.7 Å². The second kappa shape index (κ2) is 10.7. The molecule has 0 unspecified atom stereocenters. The zero-order valence-corrected chi connectivity index (χ0v) is 18.7. The fourth-order valence-corrected chi connectivity index (χ4v) is 3.07. The molecule has 1 amide bonds. The normalized spacial score (nSPS) is 10.3.